The van der Waals surface area contributed by atoms with E-state index in [1.165, 1.54) is 11.1 Å². The third-order valence-corrected chi connectivity index (χ3v) is 3.45. The summed E-state index contributed by atoms with van der Waals surface area (Å²) in [4.78, 5) is 6.51. The van der Waals surface area contributed by atoms with Gasteiger partial charge in [0.15, 0.2) is 5.82 Å². The number of anilines is 2. The molecule has 0 unspecified atom stereocenters. The SMILES string of the molecule is CNCc1cnc(N(C)c2cc(C)cc(C)c2)c(Cl)c1. The fourth-order valence-electron chi connectivity index (χ4n) is 2.28. The maximum atomic E-state index is 6.36. The van der Waals surface area contributed by atoms with E-state index in [0.717, 1.165) is 23.6 Å². The van der Waals surface area contributed by atoms with Crippen molar-refractivity contribution < 1.29 is 0 Å². The summed E-state index contributed by atoms with van der Waals surface area (Å²) in [5.74, 6) is 0.775. The van der Waals surface area contributed by atoms with Crippen LogP contribution < -0.4 is 10.2 Å². The first-order valence-corrected chi connectivity index (χ1v) is 7.00. The lowest BCUT2D eigenvalue weighted by Crippen LogP contribution is -2.13. The number of halogens is 1. The molecule has 1 aromatic carbocycles. The molecule has 0 aliphatic rings. The van der Waals surface area contributed by atoms with Crippen LogP contribution in [0.3, 0.4) is 0 Å². The van der Waals surface area contributed by atoms with Crippen molar-refractivity contribution in [2.45, 2.75) is 20.4 Å². The smallest absolute Gasteiger partial charge is 0.151 e. The Bertz CT molecular complexity index is 590. The second kappa shape index (κ2) is 6.25. The normalized spacial score (nSPS) is 10.7. The van der Waals surface area contributed by atoms with Crippen molar-refractivity contribution in [3.05, 3.63) is 52.2 Å². The molecule has 0 saturated carbocycles. The molecule has 0 atom stereocenters. The van der Waals surface area contributed by atoms with Crippen LogP contribution in [0.4, 0.5) is 11.5 Å². The lowest BCUT2D eigenvalue weighted by atomic mass is 10.1. The molecule has 0 amide bonds. The Hall–Kier alpha value is -1.58. The Morgan fingerprint density at radius 1 is 1.15 bits per heavy atom. The second-order valence-corrected chi connectivity index (χ2v) is 5.49. The van der Waals surface area contributed by atoms with Crippen molar-refractivity contribution in [3.8, 4) is 0 Å². The summed E-state index contributed by atoms with van der Waals surface area (Å²) in [5, 5.41) is 3.76. The van der Waals surface area contributed by atoms with Crippen molar-refractivity contribution in [1.82, 2.24) is 10.3 Å². The Balaban J connectivity index is 2.35. The first kappa shape index (κ1) is 14.8. The molecule has 0 radical (unpaired) electrons. The van der Waals surface area contributed by atoms with Gasteiger partial charge in [0.05, 0.1) is 5.02 Å². The Morgan fingerprint density at radius 2 is 1.80 bits per heavy atom. The van der Waals surface area contributed by atoms with E-state index in [2.05, 4.69) is 42.3 Å². The van der Waals surface area contributed by atoms with E-state index in [-0.39, 0.29) is 0 Å². The first-order valence-electron chi connectivity index (χ1n) is 6.62. The van der Waals surface area contributed by atoms with E-state index in [9.17, 15) is 0 Å². The van der Waals surface area contributed by atoms with Crippen LogP contribution in [0.25, 0.3) is 0 Å². The highest BCUT2D eigenvalue weighted by Gasteiger charge is 2.11. The summed E-state index contributed by atoms with van der Waals surface area (Å²) < 4.78 is 0. The number of benzene rings is 1. The van der Waals surface area contributed by atoms with Crippen molar-refractivity contribution in [2.24, 2.45) is 0 Å². The average molecular weight is 290 g/mol. The van der Waals surface area contributed by atoms with Crippen LogP contribution in [0.5, 0.6) is 0 Å². The van der Waals surface area contributed by atoms with Gasteiger partial charge < -0.3 is 10.2 Å². The Kier molecular flexibility index (Phi) is 4.63. The standard InChI is InChI=1S/C16H20ClN3/c1-11-5-12(2)7-14(6-11)20(4)16-15(17)8-13(9-18-3)10-19-16/h5-8,10,18H,9H2,1-4H3. The van der Waals surface area contributed by atoms with Crippen molar-refractivity contribution in [1.29, 1.82) is 0 Å². The van der Waals surface area contributed by atoms with Gasteiger partial charge in [-0.2, -0.15) is 0 Å². The Labute approximate surface area is 125 Å². The molecule has 1 N–H and O–H groups in total. The molecule has 2 aromatic rings. The zero-order valence-corrected chi connectivity index (χ0v) is 13.1. The summed E-state index contributed by atoms with van der Waals surface area (Å²) >= 11 is 6.36. The van der Waals surface area contributed by atoms with Crippen LogP contribution in [0, 0.1) is 13.8 Å². The maximum absolute atomic E-state index is 6.36. The van der Waals surface area contributed by atoms with E-state index in [0.29, 0.717) is 5.02 Å². The van der Waals surface area contributed by atoms with E-state index in [4.69, 9.17) is 11.6 Å². The van der Waals surface area contributed by atoms with Gasteiger partial charge in [0.25, 0.3) is 0 Å². The maximum Gasteiger partial charge on any atom is 0.151 e. The van der Waals surface area contributed by atoms with Gasteiger partial charge in [0.1, 0.15) is 0 Å². The Morgan fingerprint density at radius 3 is 2.35 bits per heavy atom. The molecule has 0 bridgehead atoms. The predicted molar refractivity (Wildman–Crippen MR) is 86.0 cm³/mol. The number of nitrogens with zero attached hydrogens (tertiary/aromatic N) is 2. The molecule has 106 valence electrons. The van der Waals surface area contributed by atoms with Gasteiger partial charge in [-0.25, -0.2) is 4.98 Å². The zero-order chi connectivity index (χ0) is 14.7. The monoisotopic (exact) mass is 289 g/mol. The number of aryl methyl sites for hydroxylation is 2. The van der Waals surface area contributed by atoms with E-state index < -0.39 is 0 Å². The topological polar surface area (TPSA) is 28.2 Å². The van der Waals surface area contributed by atoms with Crippen LogP contribution in [-0.4, -0.2) is 19.1 Å². The van der Waals surface area contributed by atoms with E-state index >= 15 is 0 Å². The quantitative estimate of drug-likeness (QED) is 0.927. The van der Waals surface area contributed by atoms with E-state index in [1.54, 1.807) is 0 Å². The number of hydrogen-bond donors (Lipinski definition) is 1. The van der Waals surface area contributed by atoms with Gasteiger partial charge in [0, 0.05) is 25.5 Å². The fraction of sp³-hybridized carbons (Fsp3) is 0.312. The molecule has 0 saturated heterocycles. The molecular formula is C16H20ClN3. The van der Waals surface area contributed by atoms with Crippen LogP contribution in [0.2, 0.25) is 5.02 Å². The minimum absolute atomic E-state index is 0.666. The molecule has 0 aliphatic carbocycles. The highest BCUT2D eigenvalue weighted by atomic mass is 35.5. The molecule has 1 aromatic heterocycles. The molecule has 0 aliphatic heterocycles. The van der Waals surface area contributed by atoms with Gasteiger partial charge in [-0.1, -0.05) is 17.7 Å². The van der Waals surface area contributed by atoms with Crippen molar-refractivity contribution >= 4 is 23.1 Å². The van der Waals surface area contributed by atoms with Gasteiger partial charge in [-0.15, -0.1) is 0 Å². The van der Waals surface area contributed by atoms with Crippen LogP contribution >= 0.6 is 11.6 Å². The highest BCUT2D eigenvalue weighted by Crippen LogP contribution is 2.30. The van der Waals surface area contributed by atoms with Crippen LogP contribution in [0.1, 0.15) is 16.7 Å². The molecule has 4 heteroatoms. The number of hydrogen-bond acceptors (Lipinski definition) is 3. The van der Waals surface area contributed by atoms with Crippen molar-refractivity contribution in [2.75, 3.05) is 19.0 Å². The summed E-state index contributed by atoms with van der Waals surface area (Å²) in [6, 6.07) is 8.38. The summed E-state index contributed by atoms with van der Waals surface area (Å²) in [6.45, 7) is 4.95. The van der Waals surface area contributed by atoms with Gasteiger partial charge in [-0.3, -0.25) is 0 Å². The predicted octanol–water partition coefficient (Wildman–Crippen LogP) is 3.84. The highest BCUT2D eigenvalue weighted by molar-refractivity contribution is 6.33. The molecule has 0 spiro atoms. The van der Waals surface area contributed by atoms with Gasteiger partial charge in [0.2, 0.25) is 0 Å². The molecule has 2 rings (SSSR count). The minimum Gasteiger partial charge on any atom is -0.328 e. The minimum atomic E-state index is 0.666. The molecular weight excluding hydrogens is 270 g/mol. The van der Waals surface area contributed by atoms with Gasteiger partial charge in [-0.05, 0) is 55.8 Å². The van der Waals surface area contributed by atoms with E-state index in [1.807, 2.05) is 31.3 Å². The molecule has 0 fully saturated rings. The number of nitrogens with one attached hydrogen (secondary N) is 1. The zero-order valence-electron chi connectivity index (χ0n) is 12.4. The lowest BCUT2D eigenvalue weighted by molar-refractivity contribution is 0.813. The third-order valence-electron chi connectivity index (χ3n) is 3.17. The molecule has 3 nitrogen and oxygen atoms in total. The average Bonchev–Trinajstić information content (AvgIpc) is 2.37. The molecule has 20 heavy (non-hydrogen) atoms. The summed E-state index contributed by atoms with van der Waals surface area (Å²) in [5.41, 5.74) is 4.64. The fourth-order valence-corrected chi connectivity index (χ4v) is 2.60. The second-order valence-electron chi connectivity index (χ2n) is 5.08. The lowest BCUT2D eigenvalue weighted by Gasteiger charge is -2.21. The number of aromatic nitrogens is 1. The number of pyridine rings is 1. The summed E-state index contributed by atoms with van der Waals surface area (Å²) in [6.07, 6.45) is 1.86. The van der Waals surface area contributed by atoms with Crippen LogP contribution in [0.15, 0.2) is 30.5 Å². The van der Waals surface area contributed by atoms with Crippen LogP contribution in [-0.2, 0) is 6.54 Å². The third kappa shape index (κ3) is 3.30. The number of rotatable bonds is 4. The first-order chi connectivity index (χ1) is 9.51. The molecule has 1 heterocycles. The van der Waals surface area contributed by atoms with Gasteiger partial charge >= 0.3 is 0 Å². The van der Waals surface area contributed by atoms with Crippen molar-refractivity contribution in [3.63, 3.8) is 0 Å². The summed E-state index contributed by atoms with van der Waals surface area (Å²) in [7, 11) is 3.89. The largest absolute Gasteiger partial charge is 0.328 e.